The number of aryl methyl sites for hydroxylation is 3. The van der Waals surface area contributed by atoms with E-state index in [1.54, 1.807) is 12.1 Å². The molecule has 0 saturated heterocycles. The quantitative estimate of drug-likeness (QED) is 0.804. The molecule has 0 fully saturated rings. The van der Waals surface area contributed by atoms with Crippen LogP contribution in [0.1, 0.15) is 16.7 Å². The van der Waals surface area contributed by atoms with Crippen LogP contribution in [-0.4, -0.2) is 12.5 Å². The number of carbonyl (C=O) groups is 1. The molecule has 22 heavy (non-hydrogen) atoms. The standard InChI is InChI=1S/C17H17BrClNO2/c1-10-6-11(2)17(12(3)7-10)20-16(21)9-22-15-8-13(18)4-5-14(15)19/h4-8H,9H2,1-3H3,(H,20,21). The summed E-state index contributed by atoms with van der Waals surface area (Å²) in [5.74, 6) is 0.259. The molecule has 0 aliphatic carbocycles. The van der Waals surface area contributed by atoms with Crippen molar-refractivity contribution in [1.82, 2.24) is 0 Å². The summed E-state index contributed by atoms with van der Waals surface area (Å²) in [6.45, 7) is 5.89. The molecular formula is C17H17BrClNO2. The Morgan fingerprint density at radius 3 is 2.45 bits per heavy atom. The third kappa shape index (κ3) is 4.24. The zero-order valence-corrected chi connectivity index (χ0v) is 15.0. The molecule has 0 radical (unpaired) electrons. The summed E-state index contributed by atoms with van der Waals surface area (Å²) in [7, 11) is 0. The molecule has 0 bridgehead atoms. The van der Waals surface area contributed by atoms with Crippen molar-refractivity contribution < 1.29 is 9.53 Å². The molecule has 0 heterocycles. The fourth-order valence-electron chi connectivity index (χ4n) is 2.28. The smallest absolute Gasteiger partial charge is 0.262 e. The van der Waals surface area contributed by atoms with E-state index in [0.29, 0.717) is 10.8 Å². The van der Waals surface area contributed by atoms with Crippen LogP contribution in [0.25, 0.3) is 0 Å². The molecule has 116 valence electrons. The Kier molecular flexibility index (Phi) is 5.48. The number of amides is 1. The highest BCUT2D eigenvalue weighted by Gasteiger charge is 2.10. The maximum atomic E-state index is 12.1. The minimum absolute atomic E-state index is 0.0943. The Labute approximate surface area is 143 Å². The van der Waals surface area contributed by atoms with Gasteiger partial charge >= 0.3 is 0 Å². The Morgan fingerprint density at radius 2 is 1.82 bits per heavy atom. The Morgan fingerprint density at radius 1 is 1.18 bits per heavy atom. The van der Waals surface area contributed by atoms with Gasteiger partial charge in [0.05, 0.1) is 5.02 Å². The van der Waals surface area contributed by atoms with Crippen LogP contribution in [0.4, 0.5) is 5.69 Å². The third-order valence-electron chi connectivity index (χ3n) is 3.19. The zero-order chi connectivity index (χ0) is 16.3. The summed E-state index contributed by atoms with van der Waals surface area (Å²) in [4.78, 5) is 12.1. The number of hydrogen-bond donors (Lipinski definition) is 1. The van der Waals surface area contributed by atoms with Gasteiger partial charge in [0.1, 0.15) is 5.75 Å². The van der Waals surface area contributed by atoms with Crippen LogP contribution in [0.15, 0.2) is 34.8 Å². The number of halogens is 2. The van der Waals surface area contributed by atoms with E-state index in [0.717, 1.165) is 21.3 Å². The number of carbonyl (C=O) groups excluding carboxylic acids is 1. The second kappa shape index (κ2) is 7.16. The summed E-state index contributed by atoms with van der Waals surface area (Å²) in [5.41, 5.74) is 4.07. The van der Waals surface area contributed by atoms with Crippen molar-refractivity contribution in [3.05, 3.63) is 56.5 Å². The molecule has 1 amide bonds. The molecule has 3 nitrogen and oxygen atoms in total. The van der Waals surface area contributed by atoms with E-state index < -0.39 is 0 Å². The first-order chi connectivity index (χ1) is 10.4. The summed E-state index contributed by atoms with van der Waals surface area (Å²) in [5, 5.41) is 3.36. The average molecular weight is 383 g/mol. The summed E-state index contributed by atoms with van der Waals surface area (Å²) in [6, 6.07) is 9.34. The van der Waals surface area contributed by atoms with Gasteiger partial charge in [0.15, 0.2) is 6.61 Å². The minimum Gasteiger partial charge on any atom is -0.482 e. The molecule has 1 N–H and O–H groups in total. The molecule has 0 unspecified atom stereocenters. The van der Waals surface area contributed by atoms with Crippen molar-refractivity contribution in [1.29, 1.82) is 0 Å². The molecular weight excluding hydrogens is 366 g/mol. The van der Waals surface area contributed by atoms with Crippen molar-refractivity contribution >= 4 is 39.1 Å². The van der Waals surface area contributed by atoms with E-state index in [9.17, 15) is 4.79 Å². The van der Waals surface area contributed by atoms with E-state index in [1.807, 2.05) is 39.0 Å². The van der Waals surface area contributed by atoms with Crippen LogP contribution in [0, 0.1) is 20.8 Å². The topological polar surface area (TPSA) is 38.3 Å². The molecule has 2 aromatic carbocycles. The van der Waals surface area contributed by atoms with Crippen LogP contribution in [0.5, 0.6) is 5.75 Å². The van der Waals surface area contributed by atoms with E-state index in [1.165, 1.54) is 5.56 Å². The van der Waals surface area contributed by atoms with Gasteiger partial charge in [-0.25, -0.2) is 0 Å². The van der Waals surface area contributed by atoms with Gasteiger partial charge in [0.2, 0.25) is 0 Å². The highest BCUT2D eigenvalue weighted by Crippen LogP contribution is 2.28. The van der Waals surface area contributed by atoms with Gasteiger partial charge in [-0.05, 0) is 50.1 Å². The number of anilines is 1. The van der Waals surface area contributed by atoms with Crippen molar-refractivity contribution in [2.45, 2.75) is 20.8 Å². The summed E-state index contributed by atoms with van der Waals surface area (Å²) >= 11 is 9.37. The average Bonchev–Trinajstić information content (AvgIpc) is 2.44. The molecule has 0 spiro atoms. The fourth-order valence-corrected chi connectivity index (χ4v) is 2.80. The second-order valence-corrected chi connectivity index (χ2v) is 6.51. The summed E-state index contributed by atoms with van der Waals surface area (Å²) in [6.07, 6.45) is 0. The Balaban J connectivity index is 2.03. The van der Waals surface area contributed by atoms with Crippen molar-refractivity contribution in [2.24, 2.45) is 0 Å². The Hall–Kier alpha value is -1.52. The van der Waals surface area contributed by atoms with E-state index in [4.69, 9.17) is 16.3 Å². The number of rotatable bonds is 4. The maximum Gasteiger partial charge on any atom is 0.262 e. The van der Waals surface area contributed by atoms with Gasteiger partial charge in [0.25, 0.3) is 5.91 Å². The molecule has 0 aliphatic heterocycles. The lowest BCUT2D eigenvalue weighted by Crippen LogP contribution is -2.21. The normalized spacial score (nSPS) is 10.4. The van der Waals surface area contributed by atoms with Gasteiger partial charge in [-0.3, -0.25) is 4.79 Å². The van der Waals surface area contributed by atoms with E-state index in [2.05, 4.69) is 21.2 Å². The van der Waals surface area contributed by atoms with Gasteiger partial charge < -0.3 is 10.1 Å². The number of nitrogens with one attached hydrogen (secondary N) is 1. The molecule has 0 aliphatic rings. The highest BCUT2D eigenvalue weighted by atomic mass is 79.9. The SMILES string of the molecule is Cc1cc(C)c(NC(=O)COc2cc(Br)ccc2Cl)c(C)c1. The lowest BCUT2D eigenvalue weighted by atomic mass is 10.1. The van der Waals surface area contributed by atoms with Gasteiger partial charge in [-0.15, -0.1) is 0 Å². The lowest BCUT2D eigenvalue weighted by Gasteiger charge is -2.13. The predicted octanol–water partition coefficient (Wildman–Crippen LogP) is 5.05. The number of benzene rings is 2. The minimum atomic E-state index is -0.217. The van der Waals surface area contributed by atoms with Crippen molar-refractivity contribution in [2.75, 3.05) is 11.9 Å². The maximum absolute atomic E-state index is 12.1. The predicted molar refractivity (Wildman–Crippen MR) is 93.9 cm³/mol. The second-order valence-electron chi connectivity index (χ2n) is 5.19. The van der Waals surface area contributed by atoms with E-state index in [-0.39, 0.29) is 12.5 Å². The first-order valence-corrected chi connectivity index (χ1v) is 7.99. The molecule has 0 saturated carbocycles. The van der Waals surface area contributed by atoms with Crippen LogP contribution in [0.3, 0.4) is 0 Å². The largest absolute Gasteiger partial charge is 0.482 e. The van der Waals surface area contributed by atoms with Gasteiger partial charge in [0, 0.05) is 10.2 Å². The van der Waals surface area contributed by atoms with Gasteiger partial charge in [-0.1, -0.05) is 45.2 Å². The first kappa shape index (κ1) is 16.8. The van der Waals surface area contributed by atoms with Crippen LogP contribution in [-0.2, 0) is 4.79 Å². The molecule has 5 heteroatoms. The molecule has 2 rings (SSSR count). The van der Waals surface area contributed by atoms with Crippen LogP contribution in [0.2, 0.25) is 5.02 Å². The third-order valence-corrected chi connectivity index (χ3v) is 4.00. The highest BCUT2D eigenvalue weighted by molar-refractivity contribution is 9.10. The number of hydrogen-bond acceptors (Lipinski definition) is 2. The van der Waals surface area contributed by atoms with Crippen LogP contribution >= 0.6 is 27.5 Å². The zero-order valence-electron chi connectivity index (χ0n) is 12.7. The Bertz CT molecular complexity index is 693. The molecule has 2 aromatic rings. The van der Waals surface area contributed by atoms with Crippen molar-refractivity contribution in [3.8, 4) is 5.75 Å². The fraction of sp³-hybridized carbons (Fsp3) is 0.235. The first-order valence-electron chi connectivity index (χ1n) is 6.82. The number of ether oxygens (including phenoxy) is 1. The van der Waals surface area contributed by atoms with Crippen molar-refractivity contribution in [3.63, 3.8) is 0 Å². The lowest BCUT2D eigenvalue weighted by molar-refractivity contribution is -0.118. The van der Waals surface area contributed by atoms with Crippen LogP contribution < -0.4 is 10.1 Å². The molecule has 0 atom stereocenters. The monoisotopic (exact) mass is 381 g/mol. The summed E-state index contributed by atoms with van der Waals surface area (Å²) < 4.78 is 6.33. The van der Waals surface area contributed by atoms with E-state index >= 15 is 0 Å². The van der Waals surface area contributed by atoms with Gasteiger partial charge in [-0.2, -0.15) is 0 Å². The molecule has 0 aromatic heterocycles.